The van der Waals surface area contributed by atoms with Crippen molar-refractivity contribution in [2.24, 2.45) is 5.73 Å². The zero-order valence-electron chi connectivity index (χ0n) is 14.2. The summed E-state index contributed by atoms with van der Waals surface area (Å²) in [6, 6.07) is 10.2. The lowest BCUT2D eigenvalue weighted by molar-refractivity contribution is -0.133. The second kappa shape index (κ2) is 7.79. The van der Waals surface area contributed by atoms with E-state index in [9.17, 15) is 9.59 Å². The number of amides is 2. The van der Waals surface area contributed by atoms with Crippen LogP contribution in [0.2, 0.25) is 0 Å². The van der Waals surface area contributed by atoms with Crippen molar-refractivity contribution in [1.82, 2.24) is 9.80 Å². The first-order valence-electron chi connectivity index (χ1n) is 9.01. The van der Waals surface area contributed by atoms with Crippen molar-refractivity contribution < 1.29 is 9.59 Å². The monoisotopic (exact) mass is 329 g/mol. The van der Waals surface area contributed by atoms with Gasteiger partial charge >= 0.3 is 0 Å². The maximum absolute atomic E-state index is 12.5. The number of rotatable bonds is 4. The van der Waals surface area contributed by atoms with E-state index in [1.807, 2.05) is 28.0 Å². The Balaban J connectivity index is 1.53. The summed E-state index contributed by atoms with van der Waals surface area (Å²) in [7, 11) is 0. The molecule has 2 saturated heterocycles. The molecule has 2 heterocycles. The molecule has 0 bridgehead atoms. The minimum atomic E-state index is -0.0174. The van der Waals surface area contributed by atoms with Crippen LogP contribution in [0.5, 0.6) is 0 Å². The molecule has 3 rings (SSSR count). The molecule has 0 aliphatic carbocycles. The summed E-state index contributed by atoms with van der Waals surface area (Å²) in [6.45, 7) is 2.61. The molecule has 5 heteroatoms. The molecule has 24 heavy (non-hydrogen) atoms. The fraction of sp³-hybridized carbons (Fsp3) is 0.579. The third kappa shape index (κ3) is 3.96. The second-order valence-electron chi connectivity index (χ2n) is 6.92. The van der Waals surface area contributed by atoms with E-state index >= 15 is 0 Å². The van der Waals surface area contributed by atoms with Gasteiger partial charge in [-0.3, -0.25) is 9.59 Å². The number of nitrogens with zero attached hydrogens (tertiary/aromatic N) is 2. The Morgan fingerprint density at radius 1 is 1.12 bits per heavy atom. The van der Waals surface area contributed by atoms with Crippen LogP contribution in [0.3, 0.4) is 0 Å². The summed E-state index contributed by atoms with van der Waals surface area (Å²) >= 11 is 0. The molecule has 0 aromatic heterocycles. The second-order valence-corrected chi connectivity index (χ2v) is 6.92. The first-order valence-corrected chi connectivity index (χ1v) is 9.01. The molecule has 2 aliphatic heterocycles. The summed E-state index contributed by atoms with van der Waals surface area (Å²) in [5, 5.41) is 0. The number of benzene rings is 1. The third-order valence-electron chi connectivity index (χ3n) is 5.21. The standard InChI is InChI=1S/C19H27N3O2/c20-17-14-22(13-16(17)15-7-3-1-4-8-15)19(24)10-12-21-11-6-2-5-9-18(21)23/h1,3-4,7-8,16-17H,2,5-6,9-14,20H2/t16-,17+/m1/s1. The average molecular weight is 329 g/mol. The van der Waals surface area contributed by atoms with Gasteiger partial charge in [0.05, 0.1) is 0 Å². The lowest BCUT2D eigenvalue weighted by atomic mass is 9.95. The normalized spacial score (nSPS) is 25.0. The quantitative estimate of drug-likeness (QED) is 0.915. The van der Waals surface area contributed by atoms with Gasteiger partial charge in [-0.25, -0.2) is 0 Å². The van der Waals surface area contributed by atoms with Gasteiger partial charge in [0.2, 0.25) is 11.8 Å². The van der Waals surface area contributed by atoms with E-state index in [2.05, 4.69) is 12.1 Å². The van der Waals surface area contributed by atoms with Gasteiger partial charge in [0.15, 0.2) is 0 Å². The molecule has 0 radical (unpaired) electrons. The van der Waals surface area contributed by atoms with Crippen molar-refractivity contribution in [3.8, 4) is 0 Å². The summed E-state index contributed by atoms with van der Waals surface area (Å²) in [4.78, 5) is 28.3. The Morgan fingerprint density at radius 3 is 2.71 bits per heavy atom. The highest BCUT2D eigenvalue weighted by molar-refractivity contribution is 5.79. The van der Waals surface area contributed by atoms with Gasteiger partial charge in [-0.1, -0.05) is 36.8 Å². The fourth-order valence-electron chi connectivity index (χ4n) is 3.75. The summed E-state index contributed by atoms with van der Waals surface area (Å²) in [5.74, 6) is 0.511. The van der Waals surface area contributed by atoms with Crippen LogP contribution in [0.1, 0.15) is 43.6 Å². The first kappa shape index (κ1) is 17.0. The van der Waals surface area contributed by atoms with Crippen LogP contribution in [0.25, 0.3) is 0 Å². The Kier molecular flexibility index (Phi) is 5.51. The van der Waals surface area contributed by atoms with Crippen molar-refractivity contribution in [3.05, 3.63) is 35.9 Å². The van der Waals surface area contributed by atoms with E-state index in [0.29, 0.717) is 32.5 Å². The zero-order valence-corrected chi connectivity index (χ0v) is 14.2. The molecule has 2 N–H and O–H groups in total. The van der Waals surface area contributed by atoms with E-state index in [0.717, 1.165) is 25.8 Å². The maximum atomic E-state index is 12.5. The highest BCUT2D eigenvalue weighted by atomic mass is 16.2. The molecule has 1 aromatic rings. The van der Waals surface area contributed by atoms with Crippen LogP contribution in [0.4, 0.5) is 0 Å². The Bertz CT molecular complexity index is 575. The molecule has 0 spiro atoms. The SMILES string of the molecule is N[C@H]1CN(C(=O)CCN2CCCCCC2=O)C[C@@H]1c1ccccc1. The molecule has 130 valence electrons. The number of carbonyl (C=O) groups excluding carboxylic acids is 2. The van der Waals surface area contributed by atoms with Gasteiger partial charge in [-0.2, -0.15) is 0 Å². The van der Waals surface area contributed by atoms with Crippen LogP contribution in [-0.4, -0.2) is 53.8 Å². The van der Waals surface area contributed by atoms with E-state index in [4.69, 9.17) is 5.73 Å². The molecule has 2 aliphatic rings. The summed E-state index contributed by atoms with van der Waals surface area (Å²) < 4.78 is 0. The number of carbonyl (C=O) groups is 2. The number of hydrogen-bond donors (Lipinski definition) is 1. The summed E-state index contributed by atoms with van der Waals surface area (Å²) in [5.41, 5.74) is 7.46. The van der Waals surface area contributed by atoms with Crippen molar-refractivity contribution in [3.63, 3.8) is 0 Å². The zero-order chi connectivity index (χ0) is 16.9. The molecule has 2 amide bonds. The van der Waals surface area contributed by atoms with Gasteiger partial charge in [0.25, 0.3) is 0 Å². The number of nitrogens with two attached hydrogens (primary N) is 1. The van der Waals surface area contributed by atoms with Crippen molar-refractivity contribution in [2.45, 2.75) is 44.1 Å². The van der Waals surface area contributed by atoms with Crippen LogP contribution in [-0.2, 0) is 9.59 Å². The minimum absolute atomic E-state index is 0.0174. The minimum Gasteiger partial charge on any atom is -0.342 e. The maximum Gasteiger partial charge on any atom is 0.224 e. The lowest BCUT2D eigenvalue weighted by Gasteiger charge is -2.22. The predicted molar refractivity (Wildman–Crippen MR) is 93.4 cm³/mol. The van der Waals surface area contributed by atoms with Crippen LogP contribution < -0.4 is 5.73 Å². The Morgan fingerprint density at radius 2 is 1.92 bits per heavy atom. The topological polar surface area (TPSA) is 66.6 Å². The first-order chi connectivity index (χ1) is 11.6. The van der Waals surface area contributed by atoms with Crippen molar-refractivity contribution in [1.29, 1.82) is 0 Å². The average Bonchev–Trinajstić information content (AvgIpc) is 2.87. The highest BCUT2D eigenvalue weighted by Crippen LogP contribution is 2.26. The molecular formula is C19H27N3O2. The van der Waals surface area contributed by atoms with E-state index < -0.39 is 0 Å². The van der Waals surface area contributed by atoms with Gasteiger partial charge in [0, 0.05) is 51.0 Å². The van der Waals surface area contributed by atoms with Crippen molar-refractivity contribution >= 4 is 11.8 Å². The Hall–Kier alpha value is -1.88. The summed E-state index contributed by atoms with van der Waals surface area (Å²) in [6.07, 6.45) is 4.16. The third-order valence-corrected chi connectivity index (χ3v) is 5.21. The molecule has 2 fully saturated rings. The van der Waals surface area contributed by atoms with Crippen molar-refractivity contribution in [2.75, 3.05) is 26.2 Å². The van der Waals surface area contributed by atoms with Crippen LogP contribution in [0.15, 0.2) is 30.3 Å². The predicted octanol–water partition coefficient (Wildman–Crippen LogP) is 1.73. The number of hydrogen-bond acceptors (Lipinski definition) is 3. The van der Waals surface area contributed by atoms with E-state index in [-0.39, 0.29) is 23.8 Å². The van der Waals surface area contributed by atoms with E-state index in [1.54, 1.807) is 0 Å². The molecule has 1 aromatic carbocycles. The van der Waals surface area contributed by atoms with Crippen LogP contribution >= 0.6 is 0 Å². The smallest absolute Gasteiger partial charge is 0.224 e. The van der Waals surface area contributed by atoms with Gasteiger partial charge < -0.3 is 15.5 Å². The largest absolute Gasteiger partial charge is 0.342 e. The Labute approximate surface area is 143 Å². The van der Waals surface area contributed by atoms with Gasteiger partial charge in [-0.15, -0.1) is 0 Å². The van der Waals surface area contributed by atoms with Crippen LogP contribution in [0, 0.1) is 0 Å². The molecule has 0 saturated carbocycles. The molecule has 5 nitrogen and oxygen atoms in total. The fourth-order valence-corrected chi connectivity index (χ4v) is 3.75. The molecule has 2 atom stereocenters. The van der Waals surface area contributed by atoms with E-state index in [1.165, 1.54) is 5.56 Å². The highest BCUT2D eigenvalue weighted by Gasteiger charge is 2.33. The molecular weight excluding hydrogens is 302 g/mol. The van der Waals surface area contributed by atoms with Gasteiger partial charge in [0.1, 0.15) is 0 Å². The van der Waals surface area contributed by atoms with Gasteiger partial charge in [-0.05, 0) is 18.4 Å². The lowest BCUT2D eigenvalue weighted by Crippen LogP contribution is -2.37. The molecule has 0 unspecified atom stereocenters. The number of likely N-dealkylation sites (tertiary alicyclic amines) is 2.